The summed E-state index contributed by atoms with van der Waals surface area (Å²) in [5.74, 6) is 0. The van der Waals surface area contributed by atoms with Gasteiger partial charge in [-0.2, -0.15) is 0 Å². The molecule has 1 aromatic carbocycles. The van der Waals surface area contributed by atoms with Crippen molar-refractivity contribution in [3.05, 3.63) is 33.2 Å². The van der Waals surface area contributed by atoms with Crippen molar-refractivity contribution in [1.82, 2.24) is 0 Å². The molecular weight excluding hydrogens is 258 g/mol. The van der Waals surface area contributed by atoms with Gasteiger partial charge in [-0.15, -0.1) is 0 Å². The fourth-order valence-electron chi connectivity index (χ4n) is 0.460. The standard InChI is InChI=1S/C6H4Br2.CHN/c7-5-2-1-3-6(8)4-5;1-2/h1-4H;1H. The Morgan fingerprint density at radius 2 is 1.50 bits per heavy atom. The minimum absolute atomic E-state index is 1.10. The van der Waals surface area contributed by atoms with E-state index in [1.807, 2.05) is 24.3 Å². The van der Waals surface area contributed by atoms with E-state index >= 15 is 0 Å². The SMILES string of the molecule is Brc1cccc(Br)c1.C#N. The van der Waals surface area contributed by atoms with E-state index in [0.29, 0.717) is 0 Å². The molecule has 0 unspecified atom stereocenters. The summed E-state index contributed by atoms with van der Waals surface area (Å²) in [6, 6.07) is 7.96. The molecule has 0 heterocycles. The van der Waals surface area contributed by atoms with E-state index in [4.69, 9.17) is 5.26 Å². The summed E-state index contributed by atoms with van der Waals surface area (Å²) in [4.78, 5) is 0. The van der Waals surface area contributed by atoms with Gasteiger partial charge in [0.05, 0.1) is 0 Å². The largest absolute Gasteiger partial charge is 0.202 e. The highest BCUT2D eigenvalue weighted by molar-refractivity contribution is 9.11. The lowest BCUT2D eigenvalue weighted by Gasteiger charge is -1.87. The van der Waals surface area contributed by atoms with Crippen molar-refractivity contribution in [2.45, 2.75) is 0 Å². The summed E-state index contributed by atoms with van der Waals surface area (Å²) in [5, 5.41) is 6.50. The zero-order chi connectivity index (χ0) is 7.98. The molecule has 0 saturated heterocycles. The molecule has 0 aliphatic rings. The van der Waals surface area contributed by atoms with Gasteiger partial charge >= 0.3 is 0 Å². The van der Waals surface area contributed by atoms with Gasteiger partial charge in [-0.05, 0) is 18.2 Å². The highest BCUT2D eigenvalue weighted by atomic mass is 79.9. The molecule has 0 aromatic heterocycles. The monoisotopic (exact) mass is 261 g/mol. The van der Waals surface area contributed by atoms with E-state index in [1.165, 1.54) is 0 Å². The zero-order valence-corrected chi connectivity index (χ0v) is 8.26. The number of nitriles is 1. The van der Waals surface area contributed by atoms with E-state index in [9.17, 15) is 0 Å². The normalized spacial score (nSPS) is 7.60. The maximum absolute atomic E-state index is 6.50. The summed E-state index contributed by atoms with van der Waals surface area (Å²) in [7, 11) is 0. The van der Waals surface area contributed by atoms with Crippen LogP contribution in [0.3, 0.4) is 0 Å². The first kappa shape index (κ1) is 9.67. The molecule has 0 fully saturated rings. The van der Waals surface area contributed by atoms with Crippen molar-refractivity contribution in [2.24, 2.45) is 0 Å². The molecule has 3 heteroatoms. The fraction of sp³-hybridized carbons (Fsp3) is 0. The number of hydrogen-bond acceptors (Lipinski definition) is 1. The topological polar surface area (TPSA) is 23.8 Å². The molecule has 0 saturated carbocycles. The number of hydrogen-bond donors (Lipinski definition) is 0. The average Bonchev–Trinajstić information content (AvgIpc) is 1.91. The molecule has 52 valence electrons. The van der Waals surface area contributed by atoms with Crippen LogP contribution in [0.25, 0.3) is 0 Å². The Hall–Kier alpha value is -0.330. The molecule has 0 aliphatic heterocycles. The minimum Gasteiger partial charge on any atom is -0.202 e. The molecule has 0 amide bonds. The second-order valence-electron chi connectivity index (χ2n) is 1.44. The van der Waals surface area contributed by atoms with Crippen LogP contribution < -0.4 is 0 Å². The predicted molar refractivity (Wildman–Crippen MR) is 48.5 cm³/mol. The van der Waals surface area contributed by atoms with Crippen molar-refractivity contribution < 1.29 is 0 Å². The Labute approximate surface area is 76.9 Å². The van der Waals surface area contributed by atoms with Crippen molar-refractivity contribution in [3.63, 3.8) is 0 Å². The van der Waals surface area contributed by atoms with Crippen molar-refractivity contribution in [1.29, 1.82) is 5.26 Å². The van der Waals surface area contributed by atoms with Crippen LogP contribution in [0.1, 0.15) is 0 Å². The molecule has 0 radical (unpaired) electrons. The lowest BCUT2D eigenvalue weighted by Crippen LogP contribution is -1.61. The maximum atomic E-state index is 6.50. The lowest BCUT2D eigenvalue weighted by molar-refractivity contribution is 1.58. The predicted octanol–water partition coefficient (Wildman–Crippen LogP) is 3.35. The van der Waals surface area contributed by atoms with Crippen LogP contribution in [0, 0.1) is 11.8 Å². The fourth-order valence-corrected chi connectivity index (χ4v) is 1.57. The van der Waals surface area contributed by atoms with Crippen LogP contribution in [0.2, 0.25) is 0 Å². The van der Waals surface area contributed by atoms with E-state index < -0.39 is 0 Å². The van der Waals surface area contributed by atoms with Crippen LogP contribution in [-0.2, 0) is 0 Å². The third kappa shape index (κ3) is 3.65. The van der Waals surface area contributed by atoms with Gasteiger partial charge in [-0.1, -0.05) is 37.9 Å². The number of rotatable bonds is 0. The van der Waals surface area contributed by atoms with Crippen LogP contribution in [-0.4, -0.2) is 0 Å². The molecule has 1 aromatic rings. The summed E-state index contributed by atoms with van der Waals surface area (Å²) in [6.45, 7) is 3.50. The van der Waals surface area contributed by atoms with Crippen LogP contribution in [0.15, 0.2) is 33.2 Å². The second kappa shape index (κ2) is 5.45. The Bertz CT molecular complexity index is 203. The van der Waals surface area contributed by atoms with Crippen LogP contribution in [0.4, 0.5) is 0 Å². The lowest BCUT2D eigenvalue weighted by atomic mass is 10.4. The molecule has 0 aliphatic carbocycles. The molecule has 0 bridgehead atoms. The van der Waals surface area contributed by atoms with Gasteiger partial charge in [0, 0.05) is 15.5 Å². The van der Waals surface area contributed by atoms with Crippen LogP contribution in [0.5, 0.6) is 0 Å². The van der Waals surface area contributed by atoms with E-state index in [1.54, 1.807) is 0 Å². The zero-order valence-electron chi connectivity index (χ0n) is 5.09. The van der Waals surface area contributed by atoms with E-state index in [0.717, 1.165) is 8.95 Å². The summed E-state index contributed by atoms with van der Waals surface area (Å²) < 4.78 is 2.21. The van der Waals surface area contributed by atoms with Gasteiger partial charge in [-0.25, -0.2) is 5.26 Å². The smallest absolute Gasteiger partial charge is 0.0462 e. The Morgan fingerprint density at radius 3 is 1.70 bits per heavy atom. The summed E-state index contributed by atoms with van der Waals surface area (Å²) in [6.07, 6.45) is 0. The molecule has 1 nitrogen and oxygen atoms in total. The van der Waals surface area contributed by atoms with Gasteiger partial charge in [0.2, 0.25) is 0 Å². The molecule has 0 N–H and O–H groups in total. The number of nitrogens with zero attached hydrogens (tertiary/aromatic N) is 1. The first-order chi connectivity index (χ1) is 4.79. The van der Waals surface area contributed by atoms with Gasteiger partial charge in [0.25, 0.3) is 0 Å². The number of halogens is 2. The molecule has 1 rings (SSSR count). The second-order valence-corrected chi connectivity index (χ2v) is 3.27. The van der Waals surface area contributed by atoms with Gasteiger partial charge in [0.15, 0.2) is 0 Å². The minimum atomic E-state index is 1.10. The molecule has 0 spiro atoms. The molecule has 0 atom stereocenters. The van der Waals surface area contributed by atoms with Gasteiger partial charge < -0.3 is 0 Å². The first-order valence-corrected chi connectivity index (χ1v) is 4.04. The Balaban J connectivity index is 0.000000371. The third-order valence-corrected chi connectivity index (χ3v) is 1.77. The quantitative estimate of drug-likeness (QED) is 0.704. The highest BCUT2D eigenvalue weighted by Crippen LogP contribution is 2.15. The first-order valence-electron chi connectivity index (χ1n) is 2.46. The molecule has 10 heavy (non-hydrogen) atoms. The maximum Gasteiger partial charge on any atom is 0.0462 e. The van der Waals surface area contributed by atoms with Gasteiger partial charge in [-0.3, -0.25) is 0 Å². The van der Waals surface area contributed by atoms with Crippen LogP contribution >= 0.6 is 31.9 Å². The van der Waals surface area contributed by atoms with E-state index in [2.05, 4.69) is 38.4 Å². The highest BCUT2D eigenvalue weighted by Gasteiger charge is 1.84. The van der Waals surface area contributed by atoms with Crippen molar-refractivity contribution >= 4 is 31.9 Å². The van der Waals surface area contributed by atoms with Crippen molar-refractivity contribution in [2.75, 3.05) is 0 Å². The average molecular weight is 263 g/mol. The number of benzene rings is 1. The van der Waals surface area contributed by atoms with Crippen molar-refractivity contribution in [3.8, 4) is 6.57 Å². The van der Waals surface area contributed by atoms with E-state index in [-0.39, 0.29) is 0 Å². The van der Waals surface area contributed by atoms with Gasteiger partial charge in [0.1, 0.15) is 0 Å². The Morgan fingerprint density at radius 1 is 1.10 bits per heavy atom. The Kier molecular flexibility index (Phi) is 5.27. The third-order valence-electron chi connectivity index (χ3n) is 0.787. The summed E-state index contributed by atoms with van der Waals surface area (Å²) >= 11 is 6.66. The molecular formula is C7H5Br2N. The summed E-state index contributed by atoms with van der Waals surface area (Å²) in [5.41, 5.74) is 0.